The number of rotatable bonds is 12. The van der Waals surface area contributed by atoms with Crippen molar-refractivity contribution in [3.05, 3.63) is 108 Å². The van der Waals surface area contributed by atoms with Gasteiger partial charge in [0.25, 0.3) is 0 Å². The van der Waals surface area contributed by atoms with Gasteiger partial charge < -0.3 is 28.8 Å². The van der Waals surface area contributed by atoms with Crippen molar-refractivity contribution in [1.82, 2.24) is 0 Å². The third kappa shape index (κ3) is 7.21. The van der Waals surface area contributed by atoms with Crippen LogP contribution in [0.25, 0.3) is 0 Å². The predicted octanol–water partition coefficient (Wildman–Crippen LogP) is 4.35. The van der Waals surface area contributed by atoms with Crippen LogP contribution in [-0.4, -0.2) is 50.0 Å². The molecule has 4 rings (SSSR count). The first-order valence-corrected chi connectivity index (χ1v) is 12.0. The molecule has 1 heterocycles. The Morgan fingerprint density at radius 2 is 1.17 bits per heavy atom. The summed E-state index contributed by atoms with van der Waals surface area (Å²) in [5, 5.41) is 10.4. The molecule has 1 aliphatic heterocycles. The standard InChI is InChI=1S/C29H34O6/c1-31-29-28(34-20-24-15-9-4-10-16-24)25(17-30)27(33-19-23-13-7-3-8-14-23)26(35-29)21-32-18-22-11-5-2-6-12-22/h2-16,25-30H,17-21H2,1H3/t25?,26?,27-,28?,29-/m1/s1. The van der Waals surface area contributed by atoms with Crippen LogP contribution in [0.4, 0.5) is 0 Å². The van der Waals surface area contributed by atoms with Crippen LogP contribution >= 0.6 is 0 Å². The lowest BCUT2D eigenvalue weighted by Gasteiger charge is -2.45. The lowest BCUT2D eigenvalue weighted by Crippen LogP contribution is -2.58. The Morgan fingerprint density at radius 3 is 1.66 bits per heavy atom. The van der Waals surface area contributed by atoms with E-state index in [2.05, 4.69) is 0 Å². The van der Waals surface area contributed by atoms with Crippen LogP contribution in [0.15, 0.2) is 91.0 Å². The highest BCUT2D eigenvalue weighted by Gasteiger charge is 2.47. The number of hydrogen-bond acceptors (Lipinski definition) is 6. The average Bonchev–Trinajstić information content (AvgIpc) is 2.92. The fourth-order valence-corrected chi connectivity index (χ4v) is 4.36. The first-order chi connectivity index (χ1) is 17.3. The number of ether oxygens (including phenoxy) is 5. The molecule has 6 heteroatoms. The normalized spacial score (nSPS) is 24.3. The van der Waals surface area contributed by atoms with Crippen LogP contribution in [0.2, 0.25) is 0 Å². The van der Waals surface area contributed by atoms with Gasteiger partial charge in [0.05, 0.1) is 39.1 Å². The van der Waals surface area contributed by atoms with E-state index in [0.29, 0.717) is 26.4 Å². The molecule has 1 aliphatic rings. The molecule has 1 N–H and O–H groups in total. The van der Waals surface area contributed by atoms with Crippen molar-refractivity contribution in [3.8, 4) is 0 Å². The number of methoxy groups -OCH3 is 1. The fourth-order valence-electron chi connectivity index (χ4n) is 4.36. The number of aliphatic hydroxyl groups excluding tert-OH is 1. The van der Waals surface area contributed by atoms with E-state index >= 15 is 0 Å². The van der Waals surface area contributed by atoms with E-state index in [1.54, 1.807) is 7.11 Å². The highest BCUT2D eigenvalue weighted by molar-refractivity contribution is 5.15. The minimum absolute atomic E-state index is 0.128. The Hall–Kier alpha value is -2.58. The van der Waals surface area contributed by atoms with Gasteiger partial charge in [0.2, 0.25) is 0 Å². The van der Waals surface area contributed by atoms with E-state index in [0.717, 1.165) is 16.7 Å². The van der Waals surface area contributed by atoms with Gasteiger partial charge in [-0.25, -0.2) is 0 Å². The first kappa shape index (κ1) is 25.5. The summed E-state index contributed by atoms with van der Waals surface area (Å²) in [7, 11) is 1.59. The summed E-state index contributed by atoms with van der Waals surface area (Å²) < 4.78 is 30.6. The van der Waals surface area contributed by atoms with E-state index in [9.17, 15) is 5.11 Å². The maximum absolute atomic E-state index is 10.4. The summed E-state index contributed by atoms with van der Waals surface area (Å²) in [5.74, 6) is -0.355. The molecule has 0 aromatic heterocycles. The van der Waals surface area contributed by atoms with Crippen molar-refractivity contribution in [2.24, 2.45) is 5.92 Å². The second-order valence-corrected chi connectivity index (χ2v) is 8.65. The molecule has 6 nitrogen and oxygen atoms in total. The van der Waals surface area contributed by atoms with Crippen LogP contribution in [0.5, 0.6) is 0 Å². The lowest BCUT2D eigenvalue weighted by atomic mass is 9.89. The molecule has 0 bridgehead atoms. The molecule has 5 atom stereocenters. The Kier molecular flexibility index (Phi) is 9.84. The van der Waals surface area contributed by atoms with Crippen molar-refractivity contribution < 1.29 is 28.8 Å². The molecule has 3 unspecified atom stereocenters. The Bertz CT molecular complexity index is 968. The van der Waals surface area contributed by atoms with E-state index in [1.165, 1.54) is 0 Å². The molecule has 1 saturated heterocycles. The van der Waals surface area contributed by atoms with Crippen LogP contribution < -0.4 is 0 Å². The average molecular weight is 479 g/mol. The van der Waals surface area contributed by atoms with Gasteiger partial charge in [-0.1, -0.05) is 91.0 Å². The maximum Gasteiger partial charge on any atom is 0.184 e. The maximum atomic E-state index is 10.4. The lowest BCUT2D eigenvalue weighted by molar-refractivity contribution is -0.307. The molecule has 0 radical (unpaired) electrons. The topological polar surface area (TPSA) is 66.4 Å². The SMILES string of the molecule is CO[C@@H]1OC(COCc2ccccc2)[C@H](OCc2ccccc2)C(CO)C1OCc1ccccc1. The third-order valence-corrected chi connectivity index (χ3v) is 6.19. The minimum atomic E-state index is -0.655. The van der Waals surface area contributed by atoms with Gasteiger partial charge >= 0.3 is 0 Å². The zero-order valence-corrected chi connectivity index (χ0v) is 20.1. The van der Waals surface area contributed by atoms with Crippen LogP contribution in [0.3, 0.4) is 0 Å². The van der Waals surface area contributed by atoms with Crippen molar-refractivity contribution in [2.45, 2.75) is 44.4 Å². The molecule has 3 aromatic rings. The second-order valence-electron chi connectivity index (χ2n) is 8.65. The Labute approximate surface area is 207 Å². The van der Waals surface area contributed by atoms with Gasteiger partial charge in [-0.2, -0.15) is 0 Å². The van der Waals surface area contributed by atoms with E-state index < -0.39 is 24.6 Å². The molecular weight excluding hydrogens is 444 g/mol. The summed E-state index contributed by atoms with van der Waals surface area (Å²) in [5.41, 5.74) is 3.16. The number of hydrogen-bond donors (Lipinski definition) is 1. The summed E-state index contributed by atoms with van der Waals surface area (Å²) in [6, 6.07) is 29.9. The summed E-state index contributed by atoms with van der Waals surface area (Å²) >= 11 is 0. The molecule has 1 fully saturated rings. The zero-order valence-electron chi connectivity index (χ0n) is 20.1. The molecule has 0 aliphatic carbocycles. The van der Waals surface area contributed by atoms with Crippen LogP contribution in [-0.2, 0) is 43.5 Å². The molecule has 3 aromatic carbocycles. The Balaban J connectivity index is 1.48. The fraction of sp³-hybridized carbons (Fsp3) is 0.379. The van der Waals surface area contributed by atoms with Crippen molar-refractivity contribution in [3.63, 3.8) is 0 Å². The summed E-state index contributed by atoms with van der Waals surface area (Å²) in [6.45, 7) is 1.41. The van der Waals surface area contributed by atoms with Crippen molar-refractivity contribution in [2.75, 3.05) is 20.3 Å². The highest BCUT2D eigenvalue weighted by Crippen LogP contribution is 2.32. The molecule has 0 saturated carbocycles. The summed E-state index contributed by atoms with van der Waals surface area (Å²) in [6.07, 6.45) is -2.03. The smallest absolute Gasteiger partial charge is 0.184 e. The number of benzene rings is 3. The van der Waals surface area contributed by atoms with Gasteiger partial charge in [0.15, 0.2) is 6.29 Å². The minimum Gasteiger partial charge on any atom is -0.396 e. The molecule has 0 amide bonds. The zero-order chi connectivity index (χ0) is 24.3. The third-order valence-electron chi connectivity index (χ3n) is 6.19. The Morgan fingerprint density at radius 1 is 0.686 bits per heavy atom. The van der Waals surface area contributed by atoms with Gasteiger partial charge in [0.1, 0.15) is 12.2 Å². The quantitative estimate of drug-likeness (QED) is 0.417. The highest BCUT2D eigenvalue weighted by atomic mass is 16.7. The van der Waals surface area contributed by atoms with Crippen LogP contribution in [0, 0.1) is 5.92 Å². The second kappa shape index (κ2) is 13.5. The molecule has 35 heavy (non-hydrogen) atoms. The van der Waals surface area contributed by atoms with Gasteiger partial charge in [0, 0.05) is 13.0 Å². The van der Waals surface area contributed by atoms with Crippen molar-refractivity contribution in [1.29, 1.82) is 0 Å². The predicted molar refractivity (Wildman–Crippen MR) is 132 cm³/mol. The molecule has 186 valence electrons. The first-order valence-electron chi connectivity index (χ1n) is 12.0. The van der Waals surface area contributed by atoms with Crippen LogP contribution in [0.1, 0.15) is 16.7 Å². The largest absolute Gasteiger partial charge is 0.396 e. The monoisotopic (exact) mass is 478 g/mol. The van der Waals surface area contributed by atoms with Crippen molar-refractivity contribution >= 4 is 0 Å². The van der Waals surface area contributed by atoms with Gasteiger partial charge in [-0.15, -0.1) is 0 Å². The van der Waals surface area contributed by atoms with Gasteiger partial charge in [-0.3, -0.25) is 0 Å². The van der Waals surface area contributed by atoms with E-state index in [1.807, 2.05) is 91.0 Å². The van der Waals surface area contributed by atoms with E-state index in [-0.39, 0.29) is 12.5 Å². The van der Waals surface area contributed by atoms with E-state index in [4.69, 9.17) is 23.7 Å². The summed E-state index contributed by atoms with van der Waals surface area (Å²) in [4.78, 5) is 0. The molecular formula is C29H34O6. The molecule has 0 spiro atoms. The number of aliphatic hydroxyl groups is 1. The van der Waals surface area contributed by atoms with Gasteiger partial charge in [-0.05, 0) is 16.7 Å².